The van der Waals surface area contributed by atoms with Crippen molar-refractivity contribution in [3.8, 4) is 5.75 Å². The summed E-state index contributed by atoms with van der Waals surface area (Å²) in [6, 6.07) is 4.39. The van der Waals surface area contributed by atoms with E-state index in [1.807, 2.05) is 0 Å². The van der Waals surface area contributed by atoms with Crippen LogP contribution in [0.5, 0.6) is 5.75 Å². The molecule has 0 atom stereocenters. The largest absolute Gasteiger partial charge is 0.487 e. The Hall–Kier alpha value is -0.980. The van der Waals surface area contributed by atoms with E-state index in [2.05, 4.69) is 39.8 Å². The highest BCUT2D eigenvalue weighted by molar-refractivity contribution is 5.46. The molecule has 1 aromatic rings. The predicted molar refractivity (Wildman–Crippen MR) is 58.9 cm³/mol. The van der Waals surface area contributed by atoms with E-state index in [1.54, 1.807) is 0 Å². The molecule has 0 saturated carbocycles. The second-order valence-corrected chi connectivity index (χ2v) is 4.86. The van der Waals surface area contributed by atoms with Gasteiger partial charge in [-0.25, -0.2) is 0 Å². The average Bonchev–Trinajstić information content (AvgIpc) is 2.11. The van der Waals surface area contributed by atoms with Crippen LogP contribution in [0.25, 0.3) is 0 Å². The molecule has 0 unspecified atom stereocenters. The van der Waals surface area contributed by atoms with Crippen LogP contribution in [0.3, 0.4) is 0 Å². The molecule has 1 nitrogen and oxygen atoms in total. The van der Waals surface area contributed by atoms with Crippen molar-refractivity contribution in [1.82, 2.24) is 0 Å². The highest BCUT2D eigenvalue weighted by Gasteiger charge is 2.27. The summed E-state index contributed by atoms with van der Waals surface area (Å²) in [6.45, 7) is 8.62. The van der Waals surface area contributed by atoms with Gasteiger partial charge in [0.2, 0.25) is 0 Å². The van der Waals surface area contributed by atoms with E-state index >= 15 is 0 Å². The topological polar surface area (TPSA) is 9.23 Å². The molecular formula is C13H18O. The van der Waals surface area contributed by atoms with Crippen molar-refractivity contribution >= 4 is 0 Å². The van der Waals surface area contributed by atoms with Gasteiger partial charge in [0.25, 0.3) is 0 Å². The van der Waals surface area contributed by atoms with E-state index in [9.17, 15) is 0 Å². The van der Waals surface area contributed by atoms with Gasteiger partial charge >= 0.3 is 0 Å². The maximum atomic E-state index is 6.03. The first-order valence-corrected chi connectivity index (χ1v) is 5.28. The molecule has 0 bridgehead atoms. The first-order chi connectivity index (χ1) is 6.49. The smallest absolute Gasteiger partial charge is 0.126 e. The fourth-order valence-electron chi connectivity index (χ4n) is 1.95. The third-order valence-electron chi connectivity index (χ3n) is 3.13. The third kappa shape index (κ3) is 1.52. The number of benzene rings is 1. The van der Waals surface area contributed by atoms with Crippen molar-refractivity contribution in [2.24, 2.45) is 0 Å². The zero-order chi connectivity index (χ0) is 10.3. The summed E-state index contributed by atoms with van der Waals surface area (Å²) in [7, 11) is 0. The molecule has 0 aliphatic carbocycles. The van der Waals surface area contributed by atoms with Crippen molar-refractivity contribution in [2.75, 3.05) is 0 Å². The van der Waals surface area contributed by atoms with Crippen molar-refractivity contribution in [3.63, 3.8) is 0 Å². The number of hydrogen-bond donors (Lipinski definition) is 0. The molecule has 0 radical (unpaired) electrons. The minimum Gasteiger partial charge on any atom is -0.487 e. The molecule has 2 rings (SSSR count). The third-order valence-corrected chi connectivity index (χ3v) is 3.13. The summed E-state index contributed by atoms with van der Waals surface area (Å²) >= 11 is 0. The molecule has 0 spiro atoms. The first-order valence-electron chi connectivity index (χ1n) is 5.28. The van der Waals surface area contributed by atoms with Crippen LogP contribution in [-0.2, 0) is 6.42 Å². The monoisotopic (exact) mass is 190 g/mol. The Labute approximate surface area is 86.1 Å². The summed E-state index contributed by atoms with van der Waals surface area (Å²) in [5, 5.41) is 0. The summed E-state index contributed by atoms with van der Waals surface area (Å²) < 4.78 is 6.03. The quantitative estimate of drug-likeness (QED) is 0.609. The minimum absolute atomic E-state index is 0.00551. The molecule has 0 amide bonds. The molecule has 1 aromatic carbocycles. The Morgan fingerprint density at radius 2 is 1.93 bits per heavy atom. The van der Waals surface area contributed by atoms with Gasteiger partial charge in [-0.3, -0.25) is 0 Å². The molecule has 76 valence electrons. The van der Waals surface area contributed by atoms with Gasteiger partial charge in [-0.05, 0) is 57.2 Å². The molecule has 0 aromatic heterocycles. The highest BCUT2D eigenvalue weighted by atomic mass is 16.5. The Bertz CT molecular complexity index is 364. The molecule has 0 fully saturated rings. The lowest BCUT2D eigenvalue weighted by Gasteiger charge is -2.34. The highest BCUT2D eigenvalue weighted by Crippen LogP contribution is 2.36. The van der Waals surface area contributed by atoms with Crippen LogP contribution in [0.15, 0.2) is 12.1 Å². The van der Waals surface area contributed by atoms with Crippen molar-refractivity contribution in [1.29, 1.82) is 0 Å². The number of aryl methyl sites for hydroxylation is 2. The Morgan fingerprint density at radius 1 is 1.21 bits per heavy atom. The van der Waals surface area contributed by atoms with Gasteiger partial charge in [0.05, 0.1) is 0 Å². The number of fused-ring (bicyclic) bond motifs is 1. The number of ether oxygens (including phenoxy) is 1. The molecule has 1 heterocycles. The lowest BCUT2D eigenvalue weighted by molar-refractivity contribution is 0.0836. The second-order valence-electron chi connectivity index (χ2n) is 4.86. The van der Waals surface area contributed by atoms with Crippen LogP contribution < -0.4 is 4.74 Å². The van der Waals surface area contributed by atoms with Crippen molar-refractivity contribution < 1.29 is 4.74 Å². The molecule has 14 heavy (non-hydrogen) atoms. The fraction of sp³-hybridized carbons (Fsp3) is 0.538. The number of hydrogen-bond acceptors (Lipinski definition) is 1. The maximum Gasteiger partial charge on any atom is 0.126 e. The first kappa shape index (κ1) is 9.57. The maximum absolute atomic E-state index is 6.03. The van der Waals surface area contributed by atoms with E-state index in [4.69, 9.17) is 4.74 Å². The molecular weight excluding hydrogens is 172 g/mol. The van der Waals surface area contributed by atoms with Gasteiger partial charge in [0.15, 0.2) is 0 Å². The molecule has 0 N–H and O–H groups in total. The number of rotatable bonds is 0. The lowest BCUT2D eigenvalue weighted by Crippen LogP contribution is -2.33. The van der Waals surface area contributed by atoms with Crippen LogP contribution in [0, 0.1) is 13.8 Å². The van der Waals surface area contributed by atoms with E-state index in [-0.39, 0.29) is 5.60 Å². The molecule has 1 heteroatoms. The van der Waals surface area contributed by atoms with Gasteiger partial charge < -0.3 is 4.74 Å². The zero-order valence-electron chi connectivity index (χ0n) is 9.48. The van der Waals surface area contributed by atoms with Crippen LogP contribution >= 0.6 is 0 Å². The molecule has 1 aliphatic heterocycles. The SMILES string of the molecule is Cc1ccc2c(c1C)OC(C)(C)CC2. The van der Waals surface area contributed by atoms with E-state index in [0.717, 1.165) is 18.6 Å². The van der Waals surface area contributed by atoms with Crippen LogP contribution in [-0.4, -0.2) is 5.60 Å². The van der Waals surface area contributed by atoms with E-state index in [1.165, 1.54) is 16.7 Å². The Kier molecular flexibility index (Phi) is 2.06. The molecule has 0 saturated heterocycles. The van der Waals surface area contributed by atoms with E-state index < -0.39 is 0 Å². The Morgan fingerprint density at radius 3 is 2.64 bits per heavy atom. The van der Waals surface area contributed by atoms with Gasteiger partial charge in [0, 0.05) is 0 Å². The average molecular weight is 190 g/mol. The van der Waals surface area contributed by atoms with Gasteiger partial charge in [0.1, 0.15) is 11.4 Å². The summed E-state index contributed by atoms with van der Waals surface area (Å²) in [5.41, 5.74) is 4.00. The van der Waals surface area contributed by atoms with Gasteiger partial charge in [-0.15, -0.1) is 0 Å². The normalized spacial score (nSPS) is 18.6. The van der Waals surface area contributed by atoms with Crippen molar-refractivity contribution in [3.05, 3.63) is 28.8 Å². The molecule has 1 aliphatic rings. The second kappa shape index (κ2) is 3.01. The fourth-order valence-corrected chi connectivity index (χ4v) is 1.95. The van der Waals surface area contributed by atoms with Crippen LogP contribution in [0.4, 0.5) is 0 Å². The summed E-state index contributed by atoms with van der Waals surface area (Å²) in [4.78, 5) is 0. The van der Waals surface area contributed by atoms with Crippen LogP contribution in [0.1, 0.15) is 37.0 Å². The predicted octanol–water partition coefficient (Wildman–Crippen LogP) is 3.41. The summed E-state index contributed by atoms with van der Waals surface area (Å²) in [6.07, 6.45) is 2.26. The van der Waals surface area contributed by atoms with Crippen molar-refractivity contribution in [2.45, 2.75) is 46.1 Å². The van der Waals surface area contributed by atoms with E-state index in [0.29, 0.717) is 0 Å². The lowest BCUT2D eigenvalue weighted by atomic mass is 9.92. The Balaban J connectivity index is 2.49. The summed E-state index contributed by atoms with van der Waals surface area (Å²) in [5.74, 6) is 1.13. The zero-order valence-corrected chi connectivity index (χ0v) is 9.48. The van der Waals surface area contributed by atoms with Crippen LogP contribution in [0.2, 0.25) is 0 Å². The minimum atomic E-state index is 0.00551. The van der Waals surface area contributed by atoms with Gasteiger partial charge in [-0.2, -0.15) is 0 Å². The standard InChI is InChI=1S/C13H18O/c1-9-5-6-11-7-8-13(3,4)14-12(11)10(9)2/h5-6H,7-8H2,1-4H3. The van der Waals surface area contributed by atoms with Gasteiger partial charge in [-0.1, -0.05) is 12.1 Å².